The normalized spacial score (nSPS) is 14.2. The lowest BCUT2D eigenvalue weighted by Gasteiger charge is -2.33. The highest BCUT2D eigenvalue weighted by atomic mass is 35.5. The van der Waals surface area contributed by atoms with Crippen LogP contribution in [0.25, 0.3) is 0 Å². The number of amides is 2. The Labute approximate surface area is 154 Å². The summed E-state index contributed by atoms with van der Waals surface area (Å²) in [7, 11) is 0. The molecule has 1 aromatic heterocycles. The average Bonchev–Trinajstić information content (AvgIpc) is 2.61. The van der Waals surface area contributed by atoms with Crippen molar-refractivity contribution in [2.75, 3.05) is 39.4 Å². The van der Waals surface area contributed by atoms with E-state index in [0.717, 1.165) is 0 Å². The number of nitrogens with zero attached hydrogens (tertiary/aromatic N) is 3. The molecule has 0 atom stereocenters. The van der Waals surface area contributed by atoms with Crippen LogP contribution in [0.2, 0.25) is 10.2 Å². The summed E-state index contributed by atoms with van der Waals surface area (Å²) < 4.78 is 9.86. The minimum absolute atomic E-state index is 0.0879. The molecule has 1 aliphatic rings. The molecule has 1 aliphatic heterocycles. The molecule has 1 saturated heterocycles. The van der Waals surface area contributed by atoms with Crippen molar-refractivity contribution in [2.45, 2.75) is 6.92 Å². The first-order chi connectivity index (χ1) is 11.9. The number of carbonyl (C=O) groups excluding carboxylic acids is 3. The number of ether oxygens (including phenoxy) is 2. The van der Waals surface area contributed by atoms with E-state index in [0.29, 0.717) is 32.8 Å². The summed E-state index contributed by atoms with van der Waals surface area (Å²) in [4.78, 5) is 42.5. The van der Waals surface area contributed by atoms with Crippen molar-refractivity contribution in [1.29, 1.82) is 0 Å². The monoisotopic (exact) mass is 389 g/mol. The maximum Gasteiger partial charge on any atom is 0.409 e. The Bertz CT molecular complexity index is 663. The molecule has 2 amide bonds. The topological polar surface area (TPSA) is 89.0 Å². The molecule has 10 heteroatoms. The van der Waals surface area contributed by atoms with Gasteiger partial charge in [0.1, 0.15) is 5.15 Å². The molecule has 0 spiro atoms. The number of pyridine rings is 1. The zero-order valence-electron chi connectivity index (χ0n) is 13.5. The van der Waals surface area contributed by atoms with Crippen molar-refractivity contribution in [3.8, 4) is 0 Å². The fourth-order valence-electron chi connectivity index (χ4n) is 2.20. The Morgan fingerprint density at radius 1 is 1.08 bits per heavy atom. The summed E-state index contributed by atoms with van der Waals surface area (Å²) in [6.45, 7) is 2.99. The summed E-state index contributed by atoms with van der Waals surface area (Å²) in [6.07, 6.45) is -0.400. The molecule has 0 bridgehead atoms. The molecule has 0 aliphatic carbocycles. The number of rotatable bonds is 4. The van der Waals surface area contributed by atoms with Crippen LogP contribution in [-0.2, 0) is 14.3 Å². The summed E-state index contributed by atoms with van der Waals surface area (Å²) in [5, 5.41) is 0.183. The standard InChI is InChI=1S/C15H17Cl2N3O5/c1-2-24-15(23)20-7-5-19(6-8-20)12(21)9-25-14(22)13-10(16)3-4-11(17)18-13/h3-4H,2,5-9H2,1H3. The molecule has 25 heavy (non-hydrogen) atoms. The van der Waals surface area contributed by atoms with E-state index in [4.69, 9.17) is 32.7 Å². The SMILES string of the molecule is CCOC(=O)N1CCN(C(=O)COC(=O)c2nc(Cl)ccc2Cl)CC1. The van der Waals surface area contributed by atoms with E-state index in [9.17, 15) is 14.4 Å². The Morgan fingerprint density at radius 2 is 1.72 bits per heavy atom. The fraction of sp³-hybridized carbons (Fsp3) is 0.467. The number of hydrogen-bond donors (Lipinski definition) is 0. The predicted octanol–water partition coefficient (Wildman–Crippen LogP) is 1.85. The van der Waals surface area contributed by atoms with Crippen LogP contribution in [-0.4, -0.2) is 72.1 Å². The molecular formula is C15H17Cl2N3O5. The van der Waals surface area contributed by atoms with E-state index in [1.165, 1.54) is 21.9 Å². The largest absolute Gasteiger partial charge is 0.451 e. The first-order valence-corrected chi connectivity index (χ1v) is 8.36. The van der Waals surface area contributed by atoms with Crippen LogP contribution in [0.1, 0.15) is 17.4 Å². The van der Waals surface area contributed by atoms with Gasteiger partial charge in [-0.25, -0.2) is 14.6 Å². The summed E-state index contributed by atoms with van der Waals surface area (Å²) in [5.74, 6) is -1.19. The van der Waals surface area contributed by atoms with Crippen molar-refractivity contribution in [3.63, 3.8) is 0 Å². The van der Waals surface area contributed by atoms with Crippen molar-refractivity contribution in [3.05, 3.63) is 28.0 Å². The van der Waals surface area contributed by atoms with Gasteiger partial charge in [0.15, 0.2) is 12.3 Å². The summed E-state index contributed by atoms with van der Waals surface area (Å²) in [5.41, 5.74) is -0.144. The zero-order valence-corrected chi connectivity index (χ0v) is 15.0. The number of esters is 1. The first kappa shape index (κ1) is 19.3. The van der Waals surface area contributed by atoms with Gasteiger partial charge in [0.05, 0.1) is 11.6 Å². The fourth-order valence-corrected chi connectivity index (χ4v) is 2.53. The van der Waals surface area contributed by atoms with Crippen LogP contribution < -0.4 is 0 Å². The average molecular weight is 390 g/mol. The lowest BCUT2D eigenvalue weighted by atomic mass is 10.3. The number of hydrogen-bond acceptors (Lipinski definition) is 6. The van der Waals surface area contributed by atoms with Crippen LogP contribution in [0.5, 0.6) is 0 Å². The van der Waals surface area contributed by atoms with Gasteiger partial charge in [-0.3, -0.25) is 4.79 Å². The van der Waals surface area contributed by atoms with E-state index in [1.807, 2.05) is 0 Å². The minimum Gasteiger partial charge on any atom is -0.451 e. The second-order valence-corrected chi connectivity index (χ2v) is 5.90. The molecule has 2 heterocycles. The van der Waals surface area contributed by atoms with Gasteiger partial charge in [0.25, 0.3) is 5.91 Å². The Balaban J connectivity index is 1.82. The van der Waals surface area contributed by atoms with Gasteiger partial charge in [0, 0.05) is 26.2 Å². The van der Waals surface area contributed by atoms with Crippen LogP contribution >= 0.6 is 23.2 Å². The van der Waals surface area contributed by atoms with E-state index in [2.05, 4.69) is 4.98 Å². The predicted molar refractivity (Wildman–Crippen MR) is 89.7 cm³/mol. The van der Waals surface area contributed by atoms with E-state index < -0.39 is 18.7 Å². The van der Waals surface area contributed by atoms with Crippen molar-refractivity contribution < 1.29 is 23.9 Å². The Morgan fingerprint density at radius 3 is 2.36 bits per heavy atom. The zero-order chi connectivity index (χ0) is 18.4. The van der Waals surface area contributed by atoms with Crippen LogP contribution in [0, 0.1) is 0 Å². The van der Waals surface area contributed by atoms with Gasteiger partial charge in [0.2, 0.25) is 0 Å². The third-order valence-electron chi connectivity index (χ3n) is 3.49. The van der Waals surface area contributed by atoms with E-state index >= 15 is 0 Å². The molecule has 8 nitrogen and oxygen atoms in total. The van der Waals surface area contributed by atoms with Gasteiger partial charge >= 0.3 is 12.1 Å². The lowest BCUT2D eigenvalue weighted by Crippen LogP contribution is -2.51. The van der Waals surface area contributed by atoms with Crippen LogP contribution in [0.15, 0.2) is 12.1 Å². The first-order valence-electron chi connectivity index (χ1n) is 7.61. The molecule has 136 valence electrons. The van der Waals surface area contributed by atoms with Gasteiger partial charge in [-0.15, -0.1) is 0 Å². The van der Waals surface area contributed by atoms with Crippen LogP contribution in [0.3, 0.4) is 0 Å². The van der Waals surface area contributed by atoms with Gasteiger partial charge < -0.3 is 19.3 Å². The number of halogens is 2. The van der Waals surface area contributed by atoms with E-state index in [-0.39, 0.29) is 21.8 Å². The van der Waals surface area contributed by atoms with Gasteiger partial charge in [-0.1, -0.05) is 23.2 Å². The molecule has 1 aromatic rings. The highest BCUT2D eigenvalue weighted by Crippen LogP contribution is 2.17. The van der Waals surface area contributed by atoms with Crippen molar-refractivity contribution in [1.82, 2.24) is 14.8 Å². The van der Waals surface area contributed by atoms with Gasteiger partial charge in [-0.05, 0) is 19.1 Å². The quantitative estimate of drug-likeness (QED) is 0.576. The second kappa shape index (κ2) is 8.87. The Hall–Kier alpha value is -2.06. The lowest BCUT2D eigenvalue weighted by molar-refractivity contribution is -0.136. The molecule has 0 unspecified atom stereocenters. The van der Waals surface area contributed by atoms with E-state index in [1.54, 1.807) is 6.92 Å². The summed E-state index contributed by atoms with van der Waals surface area (Å²) >= 11 is 11.6. The van der Waals surface area contributed by atoms with Crippen LogP contribution in [0.4, 0.5) is 4.79 Å². The molecule has 0 radical (unpaired) electrons. The maximum atomic E-state index is 12.1. The summed E-state index contributed by atoms with van der Waals surface area (Å²) in [6, 6.07) is 2.86. The maximum absolute atomic E-state index is 12.1. The number of carbonyl (C=O) groups is 3. The third kappa shape index (κ3) is 5.20. The molecule has 0 saturated carbocycles. The minimum atomic E-state index is -0.828. The smallest absolute Gasteiger partial charge is 0.409 e. The highest BCUT2D eigenvalue weighted by Gasteiger charge is 2.26. The number of piperazine rings is 1. The molecule has 1 fully saturated rings. The van der Waals surface area contributed by atoms with Crippen molar-refractivity contribution in [2.24, 2.45) is 0 Å². The Kier molecular flexibility index (Phi) is 6.83. The highest BCUT2D eigenvalue weighted by molar-refractivity contribution is 6.34. The molecule has 0 aromatic carbocycles. The molecule has 0 N–H and O–H groups in total. The van der Waals surface area contributed by atoms with Crippen molar-refractivity contribution >= 4 is 41.2 Å². The van der Waals surface area contributed by atoms with Gasteiger partial charge in [-0.2, -0.15) is 0 Å². The number of aromatic nitrogens is 1. The third-order valence-corrected chi connectivity index (χ3v) is 4.01. The molecule has 2 rings (SSSR count). The molecular weight excluding hydrogens is 373 g/mol. The second-order valence-electron chi connectivity index (χ2n) is 5.11.